The molecule has 1 atom stereocenters. The Hall–Kier alpha value is -4.32. The summed E-state index contributed by atoms with van der Waals surface area (Å²) in [7, 11) is 6.72. The molecule has 1 saturated heterocycles. The molecule has 1 aliphatic heterocycles. The summed E-state index contributed by atoms with van der Waals surface area (Å²) in [5, 5.41) is 12.6. The molecule has 0 aliphatic carbocycles. The van der Waals surface area contributed by atoms with E-state index in [1.54, 1.807) is 50.5 Å². The van der Waals surface area contributed by atoms with Crippen molar-refractivity contribution in [2.24, 2.45) is 0 Å². The number of carbonyl (C=O) groups excluding carboxylic acids is 1. The van der Waals surface area contributed by atoms with Gasteiger partial charge in [0.15, 0.2) is 0 Å². The molecule has 1 N–H and O–H groups in total. The highest BCUT2D eigenvalue weighted by Crippen LogP contribution is 2.36. The minimum Gasteiger partial charge on any atom is -0.495 e. The summed E-state index contributed by atoms with van der Waals surface area (Å²) in [6.07, 6.45) is 3.43. The standard InChI is InChI=1S/C26H28N6O3/c1-31(2)25(33)22-6-5-13-32(22)21-9-8-19(15-24(21)35-4)29-26-28-12-11-20(30-26)17-7-10-23(34-3)18(14-17)16-27/h7-12,14-15,22H,5-6,13H2,1-4H3,(H,28,29,30)/t22-/m0/s1. The summed E-state index contributed by atoms with van der Waals surface area (Å²) in [6, 6.07) is 14.8. The number of likely N-dealkylation sites (N-methyl/N-ethyl adjacent to an activating group) is 1. The van der Waals surface area contributed by atoms with Crippen LogP contribution < -0.4 is 19.7 Å². The first-order chi connectivity index (χ1) is 16.9. The van der Waals surface area contributed by atoms with Crippen LogP contribution in [0.15, 0.2) is 48.7 Å². The maximum Gasteiger partial charge on any atom is 0.244 e. The number of rotatable bonds is 7. The summed E-state index contributed by atoms with van der Waals surface area (Å²) in [4.78, 5) is 25.3. The topological polar surface area (TPSA) is 104 Å². The molecule has 0 spiro atoms. The monoisotopic (exact) mass is 472 g/mol. The Morgan fingerprint density at radius 1 is 1.14 bits per heavy atom. The molecule has 0 unspecified atom stereocenters. The van der Waals surface area contributed by atoms with E-state index in [-0.39, 0.29) is 11.9 Å². The average Bonchev–Trinajstić information content (AvgIpc) is 3.37. The van der Waals surface area contributed by atoms with Crippen LogP contribution in [0.5, 0.6) is 11.5 Å². The molecule has 9 nitrogen and oxygen atoms in total. The summed E-state index contributed by atoms with van der Waals surface area (Å²) < 4.78 is 10.9. The Balaban J connectivity index is 1.58. The minimum absolute atomic E-state index is 0.0926. The van der Waals surface area contributed by atoms with Crippen molar-refractivity contribution in [1.29, 1.82) is 5.26 Å². The predicted molar refractivity (Wildman–Crippen MR) is 134 cm³/mol. The fourth-order valence-corrected chi connectivity index (χ4v) is 4.27. The van der Waals surface area contributed by atoms with Gasteiger partial charge >= 0.3 is 0 Å². The first-order valence-electron chi connectivity index (χ1n) is 11.3. The summed E-state index contributed by atoms with van der Waals surface area (Å²) in [5.74, 6) is 1.69. The molecule has 1 aromatic heterocycles. The van der Waals surface area contributed by atoms with Gasteiger partial charge in [0, 0.05) is 44.2 Å². The summed E-state index contributed by atoms with van der Waals surface area (Å²) in [6.45, 7) is 0.797. The molecule has 35 heavy (non-hydrogen) atoms. The molecule has 2 heterocycles. The highest BCUT2D eigenvalue weighted by molar-refractivity contribution is 5.86. The van der Waals surface area contributed by atoms with Crippen LogP contribution in [-0.2, 0) is 4.79 Å². The number of amides is 1. The van der Waals surface area contributed by atoms with Crippen LogP contribution in [0.1, 0.15) is 18.4 Å². The molecule has 3 aromatic rings. The second kappa shape index (κ2) is 10.3. The van der Waals surface area contributed by atoms with E-state index in [9.17, 15) is 10.1 Å². The first kappa shape index (κ1) is 23.8. The van der Waals surface area contributed by atoms with Crippen molar-refractivity contribution < 1.29 is 14.3 Å². The predicted octanol–water partition coefficient (Wildman–Crippen LogP) is 3.83. The van der Waals surface area contributed by atoms with Gasteiger partial charge in [-0.05, 0) is 49.2 Å². The maximum absolute atomic E-state index is 12.7. The lowest BCUT2D eigenvalue weighted by Gasteiger charge is -2.29. The largest absolute Gasteiger partial charge is 0.495 e. The Morgan fingerprint density at radius 2 is 1.94 bits per heavy atom. The van der Waals surface area contributed by atoms with E-state index in [1.165, 1.54) is 7.11 Å². The molecule has 4 rings (SSSR count). The zero-order valence-electron chi connectivity index (χ0n) is 20.3. The van der Waals surface area contributed by atoms with Crippen LogP contribution in [-0.4, -0.2) is 61.7 Å². The van der Waals surface area contributed by atoms with E-state index in [4.69, 9.17) is 9.47 Å². The van der Waals surface area contributed by atoms with Gasteiger partial charge in [0.25, 0.3) is 0 Å². The van der Waals surface area contributed by atoms with Crippen molar-refractivity contribution >= 4 is 23.2 Å². The van der Waals surface area contributed by atoms with Crippen molar-refractivity contribution in [2.45, 2.75) is 18.9 Å². The molecule has 0 radical (unpaired) electrons. The van der Waals surface area contributed by atoms with Gasteiger partial charge in [-0.3, -0.25) is 4.79 Å². The molecular formula is C26H28N6O3. The lowest BCUT2D eigenvalue weighted by atomic mass is 10.1. The van der Waals surface area contributed by atoms with Crippen LogP contribution in [0.3, 0.4) is 0 Å². The number of methoxy groups -OCH3 is 2. The molecule has 180 valence electrons. The van der Waals surface area contributed by atoms with E-state index in [0.29, 0.717) is 28.7 Å². The summed E-state index contributed by atoms with van der Waals surface area (Å²) >= 11 is 0. The smallest absolute Gasteiger partial charge is 0.244 e. The normalized spacial score (nSPS) is 14.8. The third-order valence-electron chi connectivity index (χ3n) is 6.00. The van der Waals surface area contributed by atoms with Gasteiger partial charge in [-0.15, -0.1) is 0 Å². The fraction of sp³-hybridized carbons (Fsp3) is 0.308. The average molecular weight is 473 g/mol. The van der Waals surface area contributed by atoms with Gasteiger partial charge in [-0.25, -0.2) is 9.97 Å². The Bertz CT molecular complexity index is 1270. The Kier molecular flexibility index (Phi) is 7.01. The van der Waals surface area contributed by atoms with Gasteiger partial charge in [0.1, 0.15) is 23.6 Å². The van der Waals surface area contributed by atoms with E-state index >= 15 is 0 Å². The van der Waals surface area contributed by atoms with Crippen molar-refractivity contribution in [2.75, 3.05) is 45.1 Å². The number of anilines is 3. The molecule has 1 aliphatic rings. The van der Waals surface area contributed by atoms with Crippen molar-refractivity contribution in [1.82, 2.24) is 14.9 Å². The third-order valence-corrected chi connectivity index (χ3v) is 6.00. The first-order valence-corrected chi connectivity index (χ1v) is 11.3. The van der Waals surface area contributed by atoms with Crippen LogP contribution in [0, 0.1) is 11.3 Å². The SMILES string of the molecule is COc1ccc(-c2ccnc(Nc3ccc(N4CCC[C@H]4C(=O)N(C)C)c(OC)c3)n2)cc1C#N. The highest BCUT2D eigenvalue weighted by Gasteiger charge is 2.33. The van der Waals surface area contributed by atoms with Crippen LogP contribution in [0.25, 0.3) is 11.3 Å². The Morgan fingerprint density at radius 3 is 2.66 bits per heavy atom. The van der Waals surface area contributed by atoms with Gasteiger partial charge in [0.05, 0.1) is 31.2 Å². The number of ether oxygens (including phenoxy) is 2. The minimum atomic E-state index is -0.194. The number of nitrogens with one attached hydrogen (secondary N) is 1. The zero-order valence-corrected chi connectivity index (χ0v) is 20.3. The van der Waals surface area contributed by atoms with Gasteiger partial charge in [-0.2, -0.15) is 5.26 Å². The molecule has 1 fully saturated rings. The number of nitriles is 1. The maximum atomic E-state index is 12.7. The fourth-order valence-electron chi connectivity index (χ4n) is 4.27. The molecular weight excluding hydrogens is 444 g/mol. The molecule has 9 heteroatoms. The third kappa shape index (κ3) is 4.96. The zero-order chi connectivity index (χ0) is 24.9. The quantitative estimate of drug-likeness (QED) is 0.553. The second-order valence-corrected chi connectivity index (χ2v) is 8.39. The van der Waals surface area contributed by atoms with Crippen molar-refractivity contribution in [3.63, 3.8) is 0 Å². The number of nitrogens with zero attached hydrogens (tertiary/aromatic N) is 5. The molecule has 0 saturated carbocycles. The molecule has 0 bridgehead atoms. The van der Waals surface area contributed by atoms with Crippen LogP contribution in [0.2, 0.25) is 0 Å². The molecule has 1 amide bonds. The van der Waals surface area contributed by atoms with Gasteiger partial charge in [0.2, 0.25) is 11.9 Å². The lowest BCUT2D eigenvalue weighted by molar-refractivity contribution is -0.129. The number of hydrogen-bond acceptors (Lipinski definition) is 8. The summed E-state index contributed by atoms with van der Waals surface area (Å²) in [5.41, 5.74) is 3.53. The van der Waals surface area contributed by atoms with Gasteiger partial charge in [-0.1, -0.05) is 0 Å². The van der Waals surface area contributed by atoms with E-state index < -0.39 is 0 Å². The number of aromatic nitrogens is 2. The number of carbonyl (C=O) groups is 1. The van der Waals surface area contributed by atoms with Gasteiger partial charge < -0.3 is 24.6 Å². The van der Waals surface area contributed by atoms with E-state index in [0.717, 1.165) is 36.3 Å². The van der Waals surface area contributed by atoms with Crippen molar-refractivity contribution in [3.05, 3.63) is 54.2 Å². The van der Waals surface area contributed by atoms with Crippen LogP contribution in [0.4, 0.5) is 17.3 Å². The lowest BCUT2D eigenvalue weighted by Crippen LogP contribution is -2.42. The van der Waals surface area contributed by atoms with Crippen molar-refractivity contribution in [3.8, 4) is 28.8 Å². The van der Waals surface area contributed by atoms with E-state index in [2.05, 4.69) is 26.3 Å². The second-order valence-electron chi connectivity index (χ2n) is 8.39. The number of hydrogen-bond donors (Lipinski definition) is 1. The Labute approximate surface area is 204 Å². The van der Waals surface area contributed by atoms with Crippen LogP contribution >= 0.6 is 0 Å². The number of benzene rings is 2. The molecule has 2 aromatic carbocycles. The highest BCUT2D eigenvalue weighted by atomic mass is 16.5. The van der Waals surface area contributed by atoms with E-state index in [1.807, 2.05) is 24.3 Å².